The van der Waals surface area contributed by atoms with Gasteiger partial charge >= 0.3 is 0 Å². The molecule has 1 aromatic carbocycles. The van der Waals surface area contributed by atoms with Crippen molar-refractivity contribution in [1.29, 1.82) is 0 Å². The fraction of sp³-hybridized carbons (Fsp3) is 0.533. The molecule has 1 amide bonds. The quantitative estimate of drug-likeness (QED) is 0.621. The van der Waals surface area contributed by atoms with Crippen LogP contribution in [0.25, 0.3) is 0 Å². The standard InChI is InChI=1S/C15H24N2O5S/c1-4-17-23(19,20)14-11-12(7-8-13(14)22-5-2)15(18)16-9-6-10-21-3/h7-8,11,17H,4-6,9-10H2,1-3H3,(H,16,18). The maximum absolute atomic E-state index is 12.3. The normalized spacial score (nSPS) is 11.3. The first-order valence-corrected chi connectivity index (χ1v) is 8.98. The average molecular weight is 344 g/mol. The van der Waals surface area contributed by atoms with E-state index in [4.69, 9.17) is 9.47 Å². The molecule has 0 spiro atoms. The number of carbonyl (C=O) groups is 1. The van der Waals surface area contributed by atoms with Crippen LogP contribution in [0.2, 0.25) is 0 Å². The highest BCUT2D eigenvalue weighted by Crippen LogP contribution is 2.25. The molecule has 1 rings (SSSR count). The molecule has 0 aliphatic carbocycles. The van der Waals surface area contributed by atoms with E-state index in [1.807, 2.05) is 0 Å². The Morgan fingerprint density at radius 2 is 2.00 bits per heavy atom. The first-order valence-electron chi connectivity index (χ1n) is 7.49. The molecule has 0 radical (unpaired) electrons. The first kappa shape index (κ1) is 19.4. The number of ether oxygens (including phenoxy) is 2. The van der Waals surface area contributed by atoms with Crippen molar-refractivity contribution >= 4 is 15.9 Å². The van der Waals surface area contributed by atoms with E-state index in [1.54, 1.807) is 27.0 Å². The van der Waals surface area contributed by atoms with E-state index >= 15 is 0 Å². The van der Waals surface area contributed by atoms with Crippen LogP contribution in [0.5, 0.6) is 5.75 Å². The predicted octanol–water partition coefficient (Wildman–Crippen LogP) is 1.15. The zero-order valence-corrected chi connectivity index (χ0v) is 14.5. The first-order chi connectivity index (χ1) is 11.0. The molecule has 0 heterocycles. The van der Waals surface area contributed by atoms with Crippen LogP contribution < -0.4 is 14.8 Å². The highest BCUT2D eigenvalue weighted by Gasteiger charge is 2.21. The summed E-state index contributed by atoms with van der Waals surface area (Å²) in [5.74, 6) is -0.110. The van der Waals surface area contributed by atoms with Gasteiger partial charge in [-0.15, -0.1) is 0 Å². The van der Waals surface area contributed by atoms with Crippen LogP contribution in [0.15, 0.2) is 23.1 Å². The molecule has 0 atom stereocenters. The van der Waals surface area contributed by atoms with Gasteiger partial charge in [0.25, 0.3) is 5.91 Å². The Morgan fingerprint density at radius 3 is 2.61 bits per heavy atom. The lowest BCUT2D eigenvalue weighted by Crippen LogP contribution is -2.27. The van der Waals surface area contributed by atoms with Crippen LogP contribution in [0.4, 0.5) is 0 Å². The highest BCUT2D eigenvalue weighted by molar-refractivity contribution is 7.89. The van der Waals surface area contributed by atoms with Crippen molar-refractivity contribution < 1.29 is 22.7 Å². The van der Waals surface area contributed by atoms with Gasteiger partial charge in [-0.05, 0) is 31.5 Å². The van der Waals surface area contributed by atoms with Gasteiger partial charge in [-0.2, -0.15) is 0 Å². The molecule has 7 nitrogen and oxygen atoms in total. The number of carbonyl (C=O) groups excluding carboxylic acids is 1. The van der Waals surface area contributed by atoms with Crippen LogP contribution in [0.3, 0.4) is 0 Å². The van der Waals surface area contributed by atoms with Gasteiger partial charge in [-0.25, -0.2) is 13.1 Å². The summed E-state index contributed by atoms with van der Waals surface area (Å²) in [6.07, 6.45) is 0.682. The van der Waals surface area contributed by atoms with Crippen molar-refractivity contribution in [2.24, 2.45) is 0 Å². The van der Waals surface area contributed by atoms with E-state index in [2.05, 4.69) is 10.0 Å². The lowest BCUT2D eigenvalue weighted by Gasteiger charge is -2.13. The molecule has 0 aliphatic heterocycles. The van der Waals surface area contributed by atoms with Crippen LogP contribution in [0.1, 0.15) is 30.6 Å². The second-order valence-electron chi connectivity index (χ2n) is 4.70. The molecule has 8 heteroatoms. The Morgan fingerprint density at radius 1 is 1.26 bits per heavy atom. The third-order valence-corrected chi connectivity index (χ3v) is 4.51. The lowest BCUT2D eigenvalue weighted by atomic mass is 10.2. The van der Waals surface area contributed by atoms with E-state index in [0.29, 0.717) is 26.2 Å². The van der Waals surface area contributed by atoms with E-state index in [0.717, 1.165) is 0 Å². The van der Waals surface area contributed by atoms with Crippen molar-refractivity contribution in [2.75, 3.05) is 33.4 Å². The number of benzene rings is 1. The third kappa shape index (κ3) is 5.81. The fourth-order valence-electron chi connectivity index (χ4n) is 1.92. The highest BCUT2D eigenvalue weighted by atomic mass is 32.2. The maximum atomic E-state index is 12.3. The minimum atomic E-state index is -3.72. The van der Waals surface area contributed by atoms with E-state index < -0.39 is 10.0 Å². The van der Waals surface area contributed by atoms with Crippen LogP contribution in [-0.4, -0.2) is 47.7 Å². The SMILES string of the molecule is CCNS(=O)(=O)c1cc(C(=O)NCCCOC)ccc1OCC. The second kappa shape index (κ2) is 9.49. The molecule has 0 bridgehead atoms. The molecule has 0 unspecified atom stereocenters. The summed E-state index contributed by atoms with van der Waals surface area (Å²) >= 11 is 0. The Labute approximate surface area is 137 Å². The molecule has 0 saturated carbocycles. The van der Waals surface area contributed by atoms with Gasteiger partial charge in [-0.3, -0.25) is 4.79 Å². The van der Waals surface area contributed by atoms with Crippen molar-refractivity contribution in [3.8, 4) is 5.75 Å². The van der Waals surface area contributed by atoms with E-state index in [9.17, 15) is 13.2 Å². The molecular formula is C15H24N2O5S. The second-order valence-corrected chi connectivity index (χ2v) is 6.43. The molecule has 1 aromatic rings. The van der Waals surface area contributed by atoms with Crippen LogP contribution >= 0.6 is 0 Å². The summed E-state index contributed by atoms with van der Waals surface area (Å²) in [5, 5.41) is 2.72. The third-order valence-electron chi connectivity index (χ3n) is 2.94. The summed E-state index contributed by atoms with van der Waals surface area (Å²) in [5.41, 5.74) is 0.266. The molecule has 0 saturated heterocycles. The van der Waals surface area contributed by atoms with Gasteiger partial charge in [-0.1, -0.05) is 6.92 Å². The predicted molar refractivity (Wildman–Crippen MR) is 87.3 cm³/mol. The molecule has 0 fully saturated rings. The van der Waals surface area contributed by atoms with E-state index in [1.165, 1.54) is 12.1 Å². The molecule has 23 heavy (non-hydrogen) atoms. The minimum absolute atomic E-state index is 0.0364. The Bertz CT molecular complexity index is 616. The van der Waals surface area contributed by atoms with Crippen molar-refractivity contribution in [3.63, 3.8) is 0 Å². The van der Waals surface area contributed by atoms with Gasteiger partial charge in [0.05, 0.1) is 6.61 Å². The smallest absolute Gasteiger partial charge is 0.251 e. The van der Waals surface area contributed by atoms with E-state index in [-0.39, 0.29) is 28.7 Å². The molecule has 0 aromatic heterocycles. The van der Waals surface area contributed by atoms with Gasteiger partial charge in [0, 0.05) is 32.4 Å². The average Bonchev–Trinajstić information content (AvgIpc) is 2.52. The molecule has 2 N–H and O–H groups in total. The van der Waals surface area contributed by atoms with Crippen LogP contribution in [0, 0.1) is 0 Å². The lowest BCUT2D eigenvalue weighted by molar-refractivity contribution is 0.0948. The summed E-state index contributed by atoms with van der Waals surface area (Å²) in [4.78, 5) is 12.1. The molecular weight excluding hydrogens is 320 g/mol. The Balaban J connectivity index is 3.01. The van der Waals surface area contributed by atoms with Crippen molar-refractivity contribution in [3.05, 3.63) is 23.8 Å². The summed E-state index contributed by atoms with van der Waals surface area (Å²) in [6.45, 7) is 5.03. The molecule has 130 valence electrons. The molecule has 0 aliphatic rings. The zero-order chi connectivity index (χ0) is 17.3. The Kier molecular flexibility index (Phi) is 8.01. The number of methoxy groups -OCH3 is 1. The van der Waals surface area contributed by atoms with Gasteiger partial charge in [0.15, 0.2) is 0 Å². The summed E-state index contributed by atoms with van der Waals surface area (Å²) < 4.78 is 37.2. The Hall–Kier alpha value is -1.64. The fourth-order valence-corrected chi connectivity index (χ4v) is 3.13. The van der Waals surface area contributed by atoms with Crippen molar-refractivity contribution in [1.82, 2.24) is 10.0 Å². The van der Waals surface area contributed by atoms with Gasteiger partial charge in [0.2, 0.25) is 10.0 Å². The number of hydrogen-bond donors (Lipinski definition) is 2. The number of nitrogens with one attached hydrogen (secondary N) is 2. The number of amides is 1. The van der Waals surface area contributed by atoms with Crippen molar-refractivity contribution in [2.45, 2.75) is 25.2 Å². The number of rotatable bonds is 10. The number of hydrogen-bond acceptors (Lipinski definition) is 5. The van der Waals surface area contributed by atoms with Crippen LogP contribution in [-0.2, 0) is 14.8 Å². The summed E-state index contributed by atoms with van der Waals surface area (Å²) in [6, 6.07) is 4.37. The monoisotopic (exact) mass is 344 g/mol. The zero-order valence-electron chi connectivity index (χ0n) is 13.7. The number of sulfonamides is 1. The van der Waals surface area contributed by atoms with Gasteiger partial charge in [0.1, 0.15) is 10.6 Å². The minimum Gasteiger partial charge on any atom is -0.492 e. The largest absolute Gasteiger partial charge is 0.492 e. The maximum Gasteiger partial charge on any atom is 0.251 e. The van der Waals surface area contributed by atoms with Gasteiger partial charge < -0.3 is 14.8 Å². The summed E-state index contributed by atoms with van der Waals surface area (Å²) in [7, 11) is -2.13. The topological polar surface area (TPSA) is 93.7 Å².